The van der Waals surface area contributed by atoms with E-state index in [1.165, 1.54) is 0 Å². The molecule has 0 fully saturated rings. The normalized spacial score (nSPS) is 9.57. The van der Waals surface area contributed by atoms with Crippen LogP contribution in [0.5, 0.6) is 0 Å². The van der Waals surface area contributed by atoms with Gasteiger partial charge in [-0.2, -0.15) is 0 Å². The summed E-state index contributed by atoms with van der Waals surface area (Å²) in [5, 5.41) is 2.68. The van der Waals surface area contributed by atoms with E-state index in [9.17, 15) is 4.79 Å². The molecular formula is C11H14N2O. The number of carbonyl (C=O) groups is 1. The van der Waals surface area contributed by atoms with Crippen molar-refractivity contribution in [2.75, 3.05) is 6.54 Å². The van der Waals surface area contributed by atoms with E-state index in [4.69, 9.17) is 0 Å². The lowest BCUT2D eigenvalue weighted by Gasteiger charge is -2.04. The van der Waals surface area contributed by atoms with Crippen LogP contribution in [0.1, 0.15) is 21.7 Å². The molecule has 0 radical (unpaired) electrons. The van der Waals surface area contributed by atoms with E-state index >= 15 is 0 Å². The molecule has 0 spiro atoms. The Kier molecular flexibility index (Phi) is 3.40. The second-order valence-electron chi connectivity index (χ2n) is 3.10. The summed E-state index contributed by atoms with van der Waals surface area (Å²) in [4.78, 5) is 15.6. The van der Waals surface area contributed by atoms with Crippen LogP contribution in [0.3, 0.4) is 0 Å². The van der Waals surface area contributed by atoms with Crippen LogP contribution in [-0.4, -0.2) is 17.4 Å². The minimum atomic E-state index is -0.159. The van der Waals surface area contributed by atoms with Crippen LogP contribution in [0.2, 0.25) is 0 Å². The van der Waals surface area contributed by atoms with Crippen molar-refractivity contribution >= 4 is 5.91 Å². The van der Waals surface area contributed by atoms with Gasteiger partial charge in [-0.25, -0.2) is 4.98 Å². The van der Waals surface area contributed by atoms with Gasteiger partial charge in [0.25, 0.3) is 5.91 Å². The fourth-order valence-corrected chi connectivity index (χ4v) is 1.01. The van der Waals surface area contributed by atoms with Gasteiger partial charge >= 0.3 is 0 Å². The van der Waals surface area contributed by atoms with E-state index in [1.54, 1.807) is 12.1 Å². The highest BCUT2D eigenvalue weighted by atomic mass is 16.1. The Labute approximate surface area is 83.9 Å². The third-order valence-corrected chi connectivity index (χ3v) is 1.99. The topological polar surface area (TPSA) is 42.0 Å². The molecule has 1 aromatic heterocycles. The van der Waals surface area contributed by atoms with Crippen molar-refractivity contribution in [1.29, 1.82) is 0 Å². The Bertz CT molecular complexity index is 358. The van der Waals surface area contributed by atoms with Gasteiger partial charge < -0.3 is 5.32 Å². The first-order chi connectivity index (χ1) is 6.65. The molecule has 1 amide bonds. The standard InChI is InChI=1S/C11H14N2O/c1-4-7-12-11(14)10-6-5-8(2)9(3)13-10/h4-6H,1,7H2,2-3H3,(H,12,14). The summed E-state index contributed by atoms with van der Waals surface area (Å²) >= 11 is 0. The van der Waals surface area contributed by atoms with Gasteiger partial charge in [0.15, 0.2) is 0 Å². The van der Waals surface area contributed by atoms with Crippen molar-refractivity contribution in [3.63, 3.8) is 0 Å². The maximum absolute atomic E-state index is 11.4. The molecule has 1 N–H and O–H groups in total. The van der Waals surface area contributed by atoms with Gasteiger partial charge in [0.05, 0.1) is 0 Å². The second-order valence-corrected chi connectivity index (χ2v) is 3.10. The molecule has 14 heavy (non-hydrogen) atoms. The predicted molar refractivity (Wildman–Crippen MR) is 56.2 cm³/mol. The van der Waals surface area contributed by atoms with Crippen molar-refractivity contribution in [2.24, 2.45) is 0 Å². The Morgan fingerprint density at radius 2 is 2.29 bits per heavy atom. The Hall–Kier alpha value is -1.64. The molecule has 74 valence electrons. The molecule has 3 nitrogen and oxygen atoms in total. The van der Waals surface area contributed by atoms with E-state index in [1.807, 2.05) is 19.9 Å². The molecule has 0 saturated heterocycles. The van der Waals surface area contributed by atoms with Gasteiger partial charge in [0.2, 0.25) is 0 Å². The lowest BCUT2D eigenvalue weighted by Crippen LogP contribution is -2.24. The van der Waals surface area contributed by atoms with Crippen LogP contribution >= 0.6 is 0 Å². The minimum absolute atomic E-state index is 0.159. The summed E-state index contributed by atoms with van der Waals surface area (Å²) in [5.41, 5.74) is 2.43. The van der Waals surface area contributed by atoms with Crippen molar-refractivity contribution in [2.45, 2.75) is 13.8 Å². The average Bonchev–Trinajstić information content (AvgIpc) is 2.18. The summed E-state index contributed by atoms with van der Waals surface area (Å²) in [7, 11) is 0. The van der Waals surface area contributed by atoms with E-state index < -0.39 is 0 Å². The quantitative estimate of drug-likeness (QED) is 0.736. The maximum Gasteiger partial charge on any atom is 0.270 e. The van der Waals surface area contributed by atoms with Gasteiger partial charge in [0.1, 0.15) is 5.69 Å². The molecule has 1 aromatic rings. The van der Waals surface area contributed by atoms with Gasteiger partial charge in [-0.15, -0.1) is 6.58 Å². The van der Waals surface area contributed by atoms with Crippen LogP contribution in [0.15, 0.2) is 24.8 Å². The van der Waals surface area contributed by atoms with Crippen LogP contribution in [0, 0.1) is 13.8 Å². The first-order valence-electron chi connectivity index (χ1n) is 4.48. The lowest BCUT2D eigenvalue weighted by molar-refractivity contribution is 0.0953. The summed E-state index contributed by atoms with van der Waals surface area (Å²) < 4.78 is 0. The molecule has 1 heterocycles. The number of carbonyl (C=O) groups excluding carboxylic acids is 1. The molecule has 0 saturated carbocycles. The average molecular weight is 190 g/mol. The third-order valence-electron chi connectivity index (χ3n) is 1.99. The van der Waals surface area contributed by atoms with Gasteiger partial charge in [0, 0.05) is 12.2 Å². The van der Waals surface area contributed by atoms with Crippen LogP contribution < -0.4 is 5.32 Å². The molecule has 0 aliphatic carbocycles. The highest BCUT2D eigenvalue weighted by molar-refractivity contribution is 5.92. The van der Waals surface area contributed by atoms with Gasteiger partial charge in [-0.05, 0) is 25.5 Å². The number of pyridine rings is 1. The third kappa shape index (κ3) is 2.42. The summed E-state index contributed by atoms with van der Waals surface area (Å²) in [6, 6.07) is 3.62. The number of aromatic nitrogens is 1. The number of nitrogens with zero attached hydrogens (tertiary/aromatic N) is 1. The fraction of sp³-hybridized carbons (Fsp3) is 0.273. The zero-order chi connectivity index (χ0) is 10.6. The highest BCUT2D eigenvalue weighted by Gasteiger charge is 2.06. The van der Waals surface area contributed by atoms with E-state index in [2.05, 4.69) is 16.9 Å². The molecule has 0 aliphatic rings. The molecular weight excluding hydrogens is 176 g/mol. The SMILES string of the molecule is C=CCNC(=O)c1ccc(C)c(C)n1. The summed E-state index contributed by atoms with van der Waals surface area (Å²) in [6.07, 6.45) is 1.64. The second kappa shape index (κ2) is 4.56. The summed E-state index contributed by atoms with van der Waals surface area (Å²) in [5.74, 6) is -0.159. The number of amides is 1. The van der Waals surface area contributed by atoms with E-state index in [-0.39, 0.29) is 5.91 Å². The van der Waals surface area contributed by atoms with Crippen molar-refractivity contribution < 1.29 is 4.79 Å². The fourth-order valence-electron chi connectivity index (χ4n) is 1.01. The van der Waals surface area contributed by atoms with Gasteiger partial charge in [-0.1, -0.05) is 12.1 Å². The highest BCUT2D eigenvalue weighted by Crippen LogP contribution is 2.04. The smallest absolute Gasteiger partial charge is 0.270 e. The van der Waals surface area contributed by atoms with Crippen LogP contribution in [-0.2, 0) is 0 Å². The molecule has 0 aromatic carbocycles. The predicted octanol–water partition coefficient (Wildman–Crippen LogP) is 1.61. The molecule has 0 unspecified atom stereocenters. The number of aryl methyl sites for hydroxylation is 2. The maximum atomic E-state index is 11.4. The number of hydrogen-bond donors (Lipinski definition) is 1. The molecule has 0 atom stereocenters. The Balaban J connectivity index is 2.80. The first kappa shape index (κ1) is 10.4. The zero-order valence-corrected chi connectivity index (χ0v) is 8.50. The molecule has 0 bridgehead atoms. The molecule has 1 rings (SSSR count). The lowest BCUT2D eigenvalue weighted by atomic mass is 10.2. The zero-order valence-electron chi connectivity index (χ0n) is 8.50. The van der Waals surface area contributed by atoms with Crippen molar-refractivity contribution in [3.8, 4) is 0 Å². The van der Waals surface area contributed by atoms with Gasteiger partial charge in [-0.3, -0.25) is 4.79 Å². The van der Waals surface area contributed by atoms with E-state index in [0.29, 0.717) is 12.2 Å². The number of nitrogens with one attached hydrogen (secondary N) is 1. The Morgan fingerprint density at radius 3 is 2.86 bits per heavy atom. The van der Waals surface area contributed by atoms with Crippen molar-refractivity contribution in [1.82, 2.24) is 10.3 Å². The van der Waals surface area contributed by atoms with Crippen molar-refractivity contribution in [3.05, 3.63) is 41.7 Å². The Morgan fingerprint density at radius 1 is 1.57 bits per heavy atom. The number of hydrogen-bond acceptors (Lipinski definition) is 2. The first-order valence-corrected chi connectivity index (χ1v) is 4.48. The minimum Gasteiger partial charge on any atom is -0.347 e. The monoisotopic (exact) mass is 190 g/mol. The van der Waals surface area contributed by atoms with E-state index in [0.717, 1.165) is 11.3 Å². The molecule has 0 aliphatic heterocycles. The summed E-state index contributed by atoms with van der Waals surface area (Å²) in [6.45, 7) is 7.84. The number of rotatable bonds is 3. The largest absolute Gasteiger partial charge is 0.347 e. The molecule has 3 heteroatoms. The van der Waals surface area contributed by atoms with Crippen LogP contribution in [0.25, 0.3) is 0 Å². The van der Waals surface area contributed by atoms with Crippen LogP contribution in [0.4, 0.5) is 0 Å².